The Morgan fingerprint density at radius 2 is 2.04 bits per heavy atom. The van der Waals surface area contributed by atoms with Gasteiger partial charge in [0.05, 0.1) is 18.9 Å². The molecule has 2 heterocycles. The van der Waals surface area contributed by atoms with Crippen LogP contribution in [0.3, 0.4) is 0 Å². The van der Waals surface area contributed by atoms with Gasteiger partial charge < -0.3 is 10.2 Å². The molecule has 3 rings (SSSR count). The molecule has 1 aromatic heterocycles. The monoisotopic (exact) mass is 352 g/mol. The molecular formula is C16H15F3N4S. The number of nitrogens with zero attached hydrogens (tertiary/aromatic N) is 3. The second-order valence-corrected chi connectivity index (χ2v) is 5.83. The summed E-state index contributed by atoms with van der Waals surface area (Å²) < 4.78 is 38.7. The van der Waals surface area contributed by atoms with Crippen LogP contribution in [0.1, 0.15) is 11.1 Å². The van der Waals surface area contributed by atoms with E-state index in [1.807, 2.05) is 17.0 Å². The molecule has 0 bridgehead atoms. The highest BCUT2D eigenvalue weighted by Crippen LogP contribution is 2.32. The molecular weight excluding hydrogens is 337 g/mol. The van der Waals surface area contributed by atoms with Crippen LogP contribution >= 0.6 is 12.2 Å². The Balaban J connectivity index is 1.78. The Bertz CT molecular complexity index is 721. The molecule has 0 aliphatic carbocycles. The standard InChI is InChI=1S/C16H15F3N4S/c17-16(18,19)13-4-1-5-14(7-13)23-11-22(10-21-15(23)24)9-12-3-2-6-20-8-12/h1-8H,9-11H2,(H,21,24). The maximum absolute atomic E-state index is 12.9. The van der Waals surface area contributed by atoms with Crippen molar-refractivity contribution >= 4 is 23.0 Å². The third-order valence-electron chi connectivity index (χ3n) is 3.65. The van der Waals surface area contributed by atoms with Gasteiger partial charge in [0, 0.05) is 24.6 Å². The molecule has 24 heavy (non-hydrogen) atoms. The molecule has 1 saturated heterocycles. The van der Waals surface area contributed by atoms with Gasteiger partial charge in [0.25, 0.3) is 0 Å². The van der Waals surface area contributed by atoms with E-state index >= 15 is 0 Å². The van der Waals surface area contributed by atoms with Crippen LogP contribution in [0.5, 0.6) is 0 Å². The number of halogens is 3. The highest BCUT2D eigenvalue weighted by molar-refractivity contribution is 7.80. The molecule has 4 nitrogen and oxygen atoms in total. The first-order valence-electron chi connectivity index (χ1n) is 7.27. The molecule has 1 aromatic carbocycles. The lowest BCUT2D eigenvalue weighted by Crippen LogP contribution is -2.56. The fraction of sp³-hybridized carbons (Fsp3) is 0.250. The van der Waals surface area contributed by atoms with Crippen LogP contribution in [0.15, 0.2) is 48.8 Å². The zero-order valence-electron chi connectivity index (χ0n) is 12.6. The molecule has 0 amide bonds. The SMILES string of the molecule is FC(F)(F)c1cccc(N2CN(Cc3cccnc3)CNC2=S)c1. The van der Waals surface area contributed by atoms with Crippen molar-refractivity contribution in [3.8, 4) is 0 Å². The van der Waals surface area contributed by atoms with Crippen molar-refractivity contribution in [1.82, 2.24) is 15.2 Å². The second kappa shape index (κ2) is 6.74. The minimum absolute atomic E-state index is 0.405. The molecule has 1 fully saturated rings. The van der Waals surface area contributed by atoms with E-state index < -0.39 is 11.7 Å². The molecule has 0 unspecified atom stereocenters. The summed E-state index contributed by atoms with van der Waals surface area (Å²) in [5.74, 6) is 0. The first-order chi connectivity index (χ1) is 11.4. The summed E-state index contributed by atoms with van der Waals surface area (Å²) in [6.07, 6.45) is -0.917. The summed E-state index contributed by atoms with van der Waals surface area (Å²) in [4.78, 5) is 7.76. The van der Waals surface area contributed by atoms with Gasteiger partial charge in [-0.3, -0.25) is 9.88 Å². The summed E-state index contributed by atoms with van der Waals surface area (Å²) in [6.45, 7) is 1.56. The van der Waals surface area contributed by atoms with Gasteiger partial charge in [0.15, 0.2) is 5.11 Å². The number of alkyl halides is 3. The Labute approximate surface area is 142 Å². The highest BCUT2D eigenvalue weighted by Gasteiger charge is 2.31. The van der Waals surface area contributed by atoms with Crippen molar-refractivity contribution in [2.75, 3.05) is 18.2 Å². The number of hydrogen-bond acceptors (Lipinski definition) is 3. The van der Waals surface area contributed by atoms with Crippen molar-refractivity contribution in [2.45, 2.75) is 12.7 Å². The predicted octanol–water partition coefficient (Wildman–Crippen LogP) is 3.21. The third-order valence-corrected chi connectivity index (χ3v) is 4.02. The maximum Gasteiger partial charge on any atom is 0.416 e. The summed E-state index contributed by atoms with van der Waals surface area (Å²) in [5.41, 5.74) is 0.751. The number of thiocarbonyl (C=S) groups is 1. The van der Waals surface area contributed by atoms with E-state index in [4.69, 9.17) is 12.2 Å². The Kier molecular flexibility index (Phi) is 4.68. The van der Waals surface area contributed by atoms with E-state index in [1.54, 1.807) is 23.4 Å². The molecule has 0 atom stereocenters. The minimum atomic E-state index is -4.38. The third kappa shape index (κ3) is 3.82. The van der Waals surface area contributed by atoms with Crippen molar-refractivity contribution < 1.29 is 13.2 Å². The van der Waals surface area contributed by atoms with Gasteiger partial charge in [0.2, 0.25) is 0 Å². The van der Waals surface area contributed by atoms with E-state index in [9.17, 15) is 13.2 Å². The van der Waals surface area contributed by atoms with Crippen LogP contribution in [0, 0.1) is 0 Å². The molecule has 1 N–H and O–H groups in total. The Morgan fingerprint density at radius 1 is 1.21 bits per heavy atom. The van der Waals surface area contributed by atoms with E-state index in [0.717, 1.165) is 17.7 Å². The lowest BCUT2D eigenvalue weighted by molar-refractivity contribution is -0.137. The van der Waals surface area contributed by atoms with E-state index in [0.29, 0.717) is 30.7 Å². The van der Waals surface area contributed by atoms with Gasteiger partial charge in [-0.2, -0.15) is 13.2 Å². The highest BCUT2D eigenvalue weighted by atomic mass is 32.1. The molecule has 0 radical (unpaired) electrons. The van der Waals surface area contributed by atoms with Gasteiger partial charge in [-0.15, -0.1) is 0 Å². The van der Waals surface area contributed by atoms with Crippen molar-refractivity contribution in [1.29, 1.82) is 0 Å². The second-order valence-electron chi connectivity index (χ2n) is 5.45. The average molecular weight is 352 g/mol. The molecule has 126 valence electrons. The Hall–Kier alpha value is -2.19. The molecule has 1 aliphatic heterocycles. The zero-order valence-corrected chi connectivity index (χ0v) is 13.4. The quantitative estimate of drug-likeness (QED) is 0.858. The van der Waals surface area contributed by atoms with Crippen LogP contribution in [0.25, 0.3) is 0 Å². The minimum Gasteiger partial charge on any atom is -0.349 e. The first kappa shape index (κ1) is 16.7. The van der Waals surface area contributed by atoms with Gasteiger partial charge in [-0.25, -0.2) is 0 Å². The molecule has 1 aliphatic rings. The van der Waals surface area contributed by atoms with Crippen LogP contribution < -0.4 is 10.2 Å². The molecule has 8 heteroatoms. The molecule has 0 spiro atoms. The summed E-state index contributed by atoms with van der Waals surface area (Å²) in [5, 5.41) is 3.45. The number of anilines is 1. The van der Waals surface area contributed by atoms with E-state index in [-0.39, 0.29) is 0 Å². The van der Waals surface area contributed by atoms with Gasteiger partial charge in [0.1, 0.15) is 0 Å². The number of aromatic nitrogens is 1. The summed E-state index contributed by atoms with van der Waals surface area (Å²) >= 11 is 5.26. The van der Waals surface area contributed by atoms with Gasteiger partial charge in [-0.05, 0) is 42.0 Å². The molecule has 0 saturated carbocycles. The Morgan fingerprint density at radius 3 is 2.75 bits per heavy atom. The van der Waals surface area contributed by atoms with E-state index in [1.165, 1.54) is 6.07 Å². The molecule has 2 aromatic rings. The smallest absolute Gasteiger partial charge is 0.349 e. The summed E-state index contributed by atoms with van der Waals surface area (Å²) in [6, 6.07) is 8.98. The number of nitrogens with one attached hydrogen (secondary N) is 1. The van der Waals surface area contributed by atoms with Crippen molar-refractivity contribution in [2.24, 2.45) is 0 Å². The number of rotatable bonds is 3. The fourth-order valence-electron chi connectivity index (χ4n) is 2.49. The average Bonchev–Trinajstić information content (AvgIpc) is 2.57. The first-order valence-corrected chi connectivity index (χ1v) is 7.68. The lowest BCUT2D eigenvalue weighted by atomic mass is 10.2. The van der Waals surface area contributed by atoms with Crippen LogP contribution in [0.4, 0.5) is 18.9 Å². The van der Waals surface area contributed by atoms with Gasteiger partial charge in [-0.1, -0.05) is 12.1 Å². The van der Waals surface area contributed by atoms with Crippen molar-refractivity contribution in [3.63, 3.8) is 0 Å². The number of hydrogen-bond donors (Lipinski definition) is 1. The largest absolute Gasteiger partial charge is 0.416 e. The predicted molar refractivity (Wildman–Crippen MR) is 89.2 cm³/mol. The topological polar surface area (TPSA) is 31.4 Å². The normalized spacial score (nSPS) is 16.1. The fourth-order valence-corrected chi connectivity index (χ4v) is 2.72. The van der Waals surface area contributed by atoms with E-state index in [2.05, 4.69) is 10.3 Å². The number of benzene rings is 1. The number of pyridine rings is 1. The summed E-state index contributed by atoms with van der Waals surface area (Å²) in [7, 11) is 0. The van der Waals surface area contributed by atoms with Crippen molar-refractivity contribution in [3.05, 3.63) is 59.9 Å². The van der Waals surface area contributed by atoms with Crippen LogP contribution in [-0.4, -0.2) is 28.3 Å². The van der Waals surface area contributed by atoms with Crippen LogP contribution in [0.2, 0.25) is 0 Å². The van der Waals surface area contributed by atoms with Gasteiger partial charge >= 0.3 is 6.18 Å². The zero-order chi connectivity index (χ0) is 17.2. The van der Waals surface area contributed by atoms with Crippen LogP contribution in [-0.2, 0) is 12.7 Å². The lowest BCUT2D eigenvalue weighted by Gasteiger charge is -2.38. The maximum atomic E-state index is 12.9.